The lowest BCUT2D eigenvalue weighted by Crippen LogP contribution is -2.40. The van der Waals surface area contributed by atoms with Crippen LogP contribution in [0, 0.1) is 0 Å². The molecule has 1 aliphatic rings. The second kappa shape index (κ2) is 9.80. The zero-order valence-electron chi connectivity index (χ0n) is 15.7. The predicted octanol–water partition coefficient (Wildman–Crippen LogP) is 2.65. The Hall–Kier alpha value is -1.77. The van der Waals surface area contributed by atoms with Crippen LogP contribution < -0.4 is 10.1 Å². The molecule has 1 aliphatic heterocycles. The molecule has 1 atom stereocenters. The first-order valence-corrected chi connectivity index (χ1v) is 8.76. The molecule has 1 fully saturated rings. The molecule has 142 valence electrons. The van der Waals surface area contributed by atoms with Crippen LogP contribution in [-0.2, 0) is 13.5 Å². The molecule has 3 rings (SSSR count). The number of benzene rings is 1. The van der Waals surface area contributed by atoms with Gasteiger partial charge in [0.25, 0.3) is 0 Å². The number of likely N-dealkylation sites (tertiary alicyclic amines) is 1. The highest BCUT2D eigenvalue weighted by atomic mass is 127. The van der Waals surface area contributed by atoms with E-state index in [0.29, 0.717) is 5.92 Å². The molecule has 1 aromatic heterocycles. The highest BCUT2D eigenvalue weighted by Gasteiger charge is 2.25. The molecule has 6 nitrogen and oxygen atoms in total. The van der Waals surface area contributed by atoms with E-state index in [4.69, 9.17) is 4.74 Å². The minimum Gasteiger partial charge on any atom is -0.497 e. The van der Waals surface area contributed by atoms with Crippen LogP contribution in [0.5, 0.6) is 5.75 Å². The van der Waals surface area contributed by atoms with Gasteiger partial charge in [-0.1, -0.05) is 12.1 Å². The van der Waals surface area contributed by atoms with Gasteiger partial charge in [0.05, 0.1) is 13.3 Å². The third kappa shape index (κ3) is 5.12. The van der Waals surface area contributed by atoms with Gasteiger partial charge in [-0.3, -0.25) is 9.67 Å². The fraction of sp³-hybridized carbons (Fsp3) is 0.474. The van der Waals surface area contributed by atoms with Crippen LogP contribution in [0.4, 0.5) is 0 Å². The number of aliphatic imine (C=N–C) groups is 1. The van der Waals surface area contributed by atoms with Crippen molar-refractivity contribution in [2.45, 2.75) is 18.8 Å². The van der Waals surface area contributed by atoms with E-state index >= 15 is 0 Å². The number of nitrogens with zero attached hydrogens (tertiary/aromatic N) is 4. The number of halogens is 1. The van der Waals surface area contributed by atoms with Crippen molar-refractivity contribution in [3.05, 3.63) is 47.8 Å². The van der Waals surface area contributed by atoms with Gasteiger partial charge in [0, 0.05) is 45.8 Å². The number of nitrogens with one attached hydrogen (secondary N) is 1. The van der Waals surface area contributed by atoms with Gasteiger partial charge in [-0.05, 0) is 36.1 Å². The minimum atomic E-state index is 0. The number of hydrogen-bond acceptors (Lipinski definition) is 3. The van der Waals surface area contributed by atoms with Crippen LogP contribution in [0.2, 0.25) is 0 Å². The summed E-state index contributed by atoms with van der Waals surface area (Å²) < 4.78 is 7.08. The van der Waals surface area contributed by atoms with Gasteiger partial charge in [-0.2, -0.15) is 5.10 Å². The number of rotatable bonds is 5. The fourth-order valence-corrected chi connectivity index (χ4v) is 3.35. The van der Waals surface area contributed by atoms with Gasteiger partial charge in [-0.15, -0.1) is 24.0 Å². The van der Waals surface area contributed by atoms with Gasteiger partial charge in [0.2, 0.25) is 0 Å². The van der Waals surface area contributed by atoms with Crippen molar-refractivity contribution in [3.8, 4) is 5.75 Å². The van der Waals surface area contributed by atoms with Crippen molar-refractivity contribution in [1.29, 1.82) is 0 Å². The average molecular weight is 469 g/mol. The van der Waals surface area contributed by atoms with Crippen molar-refractivity contribution in [2.75, 3.05) is 33.8 Å². The maximum absolute atomic E-state index is 5.25. The largest absolute Gasteiger partial charge is 0.497 e. The minimum absolute atomic E-state index is 0. The molecular weight excluding hydrogens is 441 g/mol. The summed E-state index contributed by atoms with van der Waals surface area (Å²) in [5, 5.41) is 7.69. The summed E-state index contributed by atoms with van der Waals surface area (Å²) in [7, 11) is 5.50. The summed E-state index contributed by atoms with van der Waals surface area (Å²) in [6.07, 6.45) is 6.07. The molecule has 1 N–H and O–H groups in total. The Labute approximate surface area is 172 Å². The molecule has 26 heavy (non-hydrogen) atoms. The average Bonchev–Trinajstić information content (AvgIpc) is 3.28. The molecule has 7 heteroatoms. The molecular formula is C19H28IN5O. The summed E-state index contributed by atoms with van der Waals surface area (Å²) in [4.78, 5) is 6.80. The zero-order valence-corrected chi connectivity index (χ0v) is 18.0. The lowest BCUT2D eigenvalue weighted by Gasteiger charge is -2.21. The Morgan fingerprint density at radius 2 is 2.12 bits per heavy atom. The van der Waals surface area contributed by atoms with Gasteiger partial charge in [-0.25, -0.2) is 0 Å². The molecule has 0 spiro atoms. The summed E-state index contributed by atoms with van der Waals surface area (Å²) in [6.45, 7) is 2.89. The first kappa shape index (κ1) is 20.5. The summed E-state index contributed by atoms with van der Waals surface area (Å²) >= 11 is 0. The summed E-state index contributed by atoms with van der Waals surface area (Å²) in [6, 6.07) is 8.43. The number of ether oxygens (including phenoxy) is 1. The quantitative estimate of drug-likeness (QED) is 0.416. The number of methoxy groups -OCH3 is 1. The second-order valence-electron chi connectivity index (χ2n) is 6.45. The van der Waals surface area contributed by atoms with Crippen LogP contribution in [0.1, 0.15) is 23.5 Å². The topological polar surface area (TPSA) is 54.7 Å². The molecule has 0 aliphatic carbocycles. The molecule has 1 saturated heterocycles. The maximum atomic E-state index is 5.25. The fourth-order valence-electron chi connectivity index (χ4n) is 3.35. The monoisotopic (exact) mass is 469 g/mol. The standard InChI is InChI=1S/C19H27N5O.HI/c1-20-19(21-10-8-15-12-22-23(2)13-15)24-11-9-17(14-24)16-4-6-18(25-3)7-5-16;/h4-7,12-13,17H,8-11,14H2,1-3H3,(H,20,21);1H. The summed E-state index contributed by atoms with van der Waals surface area (Å²) in [5.41, 5.74) is 2.61. The SMILES string of the molecule is CN=C(NCCc1cnn(C)c1)N1CCC(c2ccc(OC)cc2)C1.I. The van der Waals surface area contributed by atoms with Crippen molar-refractivity contribution in [2.24, 2.45) is 12.0 Å². The van der Waals surface area contributed by atoms with E-state index < -0.39 is 0 Å². The first-order chi connectivity index (χ1) is 12.2. The number of guanidine groups is 1. The Morgan fingerprint density at radius 3 is 2.73 bits per heavy atom. The normalized spacial score (nSPS) is 17.1. The lowest BCUT2D eigenvalue weighted by atomic mass is 9.98. The molecule has 0 amide bonds. The molecule has 0 radical (unpaired) electrons. The zero-order chi connectivity index (χ0) is 17.6. The van der Waals surface area contributed by atoms with Crippen LogP contribution in [0.3, 0.4) is 0 Å². The highest BCUT2D eigenvalue weighted by molar-refractivity contribution is 14.0. The van der Waals surface area contributed by atoms with E-state index in [1.54, 1.807) is 7.11 Å². The van der Waals surface area contributed by atoms with E-state index in [1.807, 2.05) is 37.1 Å². The highest BCUT2D eigenvalue weighted by Crippen LogP contribution is 2.28. The van der Waals surface area contributed by atoms with Crippen molar-refractivity contribution >= 4 is 29.9 Å². The van der Waals surface area contributed by atoms with Crippen molar-refractivity contribution in [3.63, 3.8) is 0 Å². The van der Waals surface area contributed by atoms with Crippen molar-refractivity contribution in [1.82, 2.24) is 20.0 Å². The number of hydrogen-bond donors (Lipinski definition) is 1. The Bertz CT molecular complexity index is 713. The van der Waals surface area contributed by atoms with Gasteiger partial charge >= 0.3 is 0 Å². The van der Waals surface area contributed by atoms with E-state index in [0.717, 1.165) is 44.2 Å². The number of aryl methyl sites for hydroxylation is 1. The molecule has 1 unspecified atom stereocenters. The van der Waals surface area contributed by atoms with Gasteiger partial charge < -0.3 is 15.0 Å². The third-order valence-electron chi connectivity index (χ3n) is 4.74. The molecule has 0 saturated carbocycles. The maximum Gasteiger partial charge on any atom is 0.193 e. The van der Waals surface area contributed by atoms with E-state index in [2.05, 4.69) is 38.6 Å². The van der Waals surface area contributed by atoms with Crippen LogP contribution in [0.15, 0.2) is 41.7 Å². The predicted molar refractivity (Wildman–Crippen MR) is 116 cm³/mol. The molecule has 0 bridgehead atoms. The third-order valence-corrected chi connectivity index (χ3v) is 4.74. The van der Waals surface area contributed by atoms with Gasteiger partial charge in [0.1, 0.15) is 5.75 Å². The van der Waals surface area contributed by atoms with Crippen molar-refractivity contribution < 1.29 is 4.74 Å². The van der Waals surface area contributed by atoms with E-state index in [1.165, 1.54) is 11.1 Å². The van der Waals surface area contributed by atoms with Crippen LogP contribution in [0.25, 0.3) is 0 Å². The van der Waals surface area contributed by atoms with E-state index in [-0.39, 0.29) is 24.0 Å². The second-order valence-corrected chi connectivity index (χ2v) is 6.45. The van der Waals surface area contributed by atoms with E-state index in [9.17, 15) is 0 Å². The molecule has 2 aromatic rings. The summed E-state index contributed by atoms with van der Waals surface area (Å²) in [5.74, 6) is 2.44. The van der Waals surface area contributed by atoms with Crippen LogP contribution >= 0.6 is 24.0 Å². The Balaban J connectivity index is 0.00000243. The Morgan fingerprint density at radius 1 is 1.35 bits per heavy atom. The Kier molecular flexibility index (Phi) is 7.74. The van der Waals surface area contributed by atoms with Gasteiger partial charge in [0.15, 0.2) is 5.96 Å². The smallest absolute Gasteiger partial charge is 0.193 e. The van der Waals surface area contributed by atoms with Crippen LogP contribution in [-0.4, -0.2) is 54.4 Å². The molecule has 1 aromatic carbocycles. The number of aromatic nitrogens is 2. The molecule has 2 heterocycles. The first-order valence-electron chi connectivity index (χ1n) is 8.76. The lowest BCUT2D eigenvalue weighted by molar-refractivity contribution is 0.414.